The fraction of sp³-hybridized carbons (Fsp3) is 0.588. The molecule has 2 aliphatic rings. The van der Waals surface area contributed by atoms with Crippen molar-refractivity contribution in [2.24, 2.45) is 0 Å². The molecule has 7 heteroatoms. The average molecular weight is 352 g/mol. The third kappa shape index (κ3) is 4.15. The molecular weight excluding hydrogens is 328 g/mol. The van der Waals surface area contributed by atoms with Gasteiger partial charge in [0.05, 0.1) is 4.90 Å². The number of sulfone groups is 1. The summed E-state index contributed by atoms with van der Waals surface area (Å²) < 4.78 is 28.6. The largest absolute Gasteiger partial charge is 0.381 e. The minimum atomic E-state index is -3.31. The second-order valence-corrected chi connectivity index (χ2v) is 8.63. The van der Waals surface area contributed by atoms with E-state index >= 15 is 0 Å². The summed E-state index contributed by atoms with van der Waals surface area (Å²) >= 11 is 0. The summed E-state index contributed by atoms with van der Waals surface area (Å²) in [5.41, 5.74) is 0.384. The molecule has 1 saturated carbocycles. The zero-order chi connectivity index (χ0) is 17.2. The zero-order valence-electron chi connectivity index (χ0n) is 13.8. The van der Waals surface area contributed by atoms with Crippen LogP contribution in [0.5, 0.6) is 0 Å². The van der Waals surface area contributed by atoms with Gasteiger partial charge < -0.3 is 15.4 Å². The molecule has 2 atom stereocenters. The van der Waals surface area contributed by atoms with Crippen molar-refractivity contribution in [1.82, 2.24) is 10.6 Å². The molecule has 2 unspecified atom stereocenters. The van der Waals surface area contributed by atoms with Crippen LogP contribution in [0, 0.1) is 0 Å². The average Bonchev–Trinajstić information content (AvgIpc) is 2.57. The molecule has 1 amide bonds. The van der Waals surface area contributed by atoms with Crippen molar-refractivity contribution in [2.45, 2.75) is 48.7 Å². The van der Waals surface area contributed by atoms with Gasteiger partial charge in [-0.2, -0.15) is 0 Å². The zero-order valence-corrected chi connectivity index (χ0v) is 14.6. The number of benzene rings is 1. The Labute approximate surface area is 142 Å². The van der Waals surface area contributed by atoms with E-state index < -0.39 is 9.84 Å². The van der Waals surface area contributed by atoms with E-state index in [2.05, 4.69) is 10.6 Å². The molecule has 3 rings (SSSR count). The van der Waals surface area contributed by atoms with Gasteiger partial charge >= 0.3 is 0 Å². The van der Waals surface area contributed by atoms with Crippen molar-refractivity contribution < 1.29 is 17.9 Å². The quantitative estimate of drug-likeness (QED) is 0.830. The first-order valence-corrected chi connectivity index (χ1v) is 10.3. The molecule has 2 N–H and O–H groups in total. The first kappa shape index (κ1) is 17.4. The van der Waals surface area contributed by atoms with Gasteiger partial charge in [0.15, 0.2) is 9.84 Å². The summed E-state index contributed by atoms with van der Waals surface area (Å²) in [6.07, 6.45) is 5.15. The van der Waals surface area contributed by atoms with Gasteiger partial charge in [0.1, 0.15) is 0 Å². The van der Waals surface area contributed by atoms with E-state index in [1.165, 1.54) is 12.1 Å². The molecule has 1 aromatic rings. The van der Waals surface area contributed by atoms with E-state index in [0.717, 1.165) is 45.2 Å². The summed E-state index contributed by atoms with van der Waals surface area (Å²) in [5.74, 6) is -0.219. The molecule has 24 heavy (non-hydrogen) atoms. The number of hydrogen-bond donors (Lipinski definition) is 2. The topological polar surface area (TPSA) is 84.5 Å². The minimum absolute atomic E-state index is 0.0993. The van der Waals surface area contributed by atoms with Gasteiger partial charge in [0, 0.05) is 43.2 Å². The van der Waals surface area contributed by atoms with E-state index in [9.17, 15) is 13.2 Å². The summed E-state index contributed by atoms with van der Waals surface area (Å²) in [7, 11) is -3.31. The molecule has 0 radical (unpaired) electrons. The maximum absolute atomic E-state index is 12.4. The Morgan fingerprint density at radius 1 is 1.12 bits per heavy atom. The van der Waals surface area contributed by atoms with Gasteiger partial charge in [-0.05, 0) is 43.9 Å². The maximum Gasteiger partial charge on any atom is 0.251 e. The Morgan fingerprint density at radius 2 is 1.83 bits per heavy atom. The third-order valence-corrected chi connectivity index (χ3v) is 5.90. The van der Waals surface area contributed by atoms with Crippen LogP contribution < -0.4 is 10.6 Å². The van der Waals surface area contributed by atoms with Crippen LogP contribution in [-0.2, 0) is 14.6 Å². The molecule has 1 saturated heterocycles. The molecule has 2 fully saturated rings. The second kappa shape index (κ2) is 7.21. The van der Waals surface area contributed by atoms with Crippen molar-refractivity contribution in [1.29, 1.82) is 0 Å². The summed E-state index contributed by atoms with van der Waals surface area (Å²) in [4.78, 5) is 12.6. The number of rotatable bonds is 5. The molecule has 0 spiro atoms. The first-order chi connectivity index (χ1) is 11.4. The molecule has 6 nitrogen and oxygen atoms in total. The molecule has 0 bridgehead atoms. The lowest BCUT2D eigenvalue weighted by atomic mass is 9.85. The highest BCUT2D eigenvalue weighted by atomic mass is 32.2. The number of carbonyl (C=O) groups is 1. The minimum Gasteiger partial charge on any atom is -0.381 e. The monoisotopic (exact) mass is 352 g/mol. The van der Waals surface area contributed by atoms with Crippen molar-refractivity contribution in [3.8, 4) is 0 Å². The number of carbonyl (C=O) groups excluding carboxylic acids is 1. The van der Waals surface area contributed by atoms with E-state index in [-0.39, 0.29) is 22.9 Å². The van der Waals surface area contributed by atoms with E-state index in [1.807, 2.05) is 0 Å². The van der Waals surface area contributed by atoms with Crippen LogP contribution in [0.25, 0.3) is 0 Å². The van der Waals surface area contributed by atoms with Crippen LogP contribution in [0.3, 0.4) is 0 Å². The Bertz CT molecular complexity index is 698. The molecule has 132 valence electrons. The van der Waals surface area contributed by atoms with Gasteiger partial charge in [-0.15, -0.1) is 0 Å². The predicted molar refractivity (Wildman–Crippen MR) is 90.8 cm³/mol. The summed E-state index contributed by atoms with van der Waals surface area (Å²) in [5, 5.41) is 6.63. The Balaban J connectivity index is 1.58. The Morgan fingerprint density at radius 3 is 2.46 bits per heavy atom. The lowest BCUT2D eigenvalue weighted by molar-refractivity contribution is 0.0652. The van der Waals surface area contributed by atoms with Crippen molar-refractivity contribution in [3.05, 3.63) is 29.8 Å². The summed E-state index contributed by atoms with van der Waals surface area (Å²) in [6.45, 7) is 1.58. The van der Waals surface area contributed by atoms with Gasteiger partial charge in [-0.1, -0.05) is 6.07 Å². The fourth-order valence-corrected chi connectivity index (χ4v) is 3.83. The number of ether oxygens (including phenoxy) is 1. The van der Waals surface area contributed by atoms with Crippen LogP contribution in [0.4, 0.5) is 0 Å². The van der Waals surface area contributed by atoms with Crippen molar-refractivity contribution in [3.63, 3.8) is 0 Å². The van der Waals surface area contributed by atoms with Crippen molar-refractivity contribution in [2.75, 3.05) is 19.5 Å². The van der Waals surface area contributed by atoms with Crippen LogP contribution in [0.1, 0.15) is 36.0 Å². The van der Waals surface area contributed by atoms with Crippen LogP contribution in [-0.4, -0.2) is 51.9 Å². The lowest BCUT2D eigenvalue weighted by Gasteiger charge is -2.41. The molecule has 1 aliphatic heterocycles. The van der Waals surface area contributed by atoms with Gasteiger partial charge in [-0.25, -0.2) is 8.42 Å². The normalized spacial score (nSPS) is 25.0. The molecular formula is C17H24N2O4S. The van der Waals surface area contributed by atoms with Gasteiger partial charge in [0.2, 0.25) is 0 Å². The number of amides is 1. The van der Waals surface area contributed by atoms with Crippen molar-refractivity contribution >= 4 is 15.7 Å². The Kier molecular flexibility index (Phi) is 5.22. The maximum atomic E-state index is 12.4. The standard InChI is InChI=1S/C17H24N2O4S/c1-24(21,22)14-4-2-3-12(11-14)17(20)19-16-6-5-15(16)18-13-7-9-23-10-8-13/h2-4,11,13,15-16,18H,5-10H2,1H3,(H,19,20). The molecule has 1 heterocycles. The SMILES string of the molecule is CS(=O)(=O)c1cccc(C(=O)NC2CCC2NC2CCOCC2)c1. The van der Waals surface area contributed by atoms with Crippen LogP contribution in [0.2, 0.25) is 0 Å². The molecule has 0 aromatic heterocycles. The van der Waals surface area contributed by atoms with E-state index in [1.54, 1.807) is 12.1 Å². The van der Waals surface area contributed by atoms with E-state index in [4.69, 9.17) is 4.74 Å². The predicted octanol–water partition coefficient (Wildman–Crippen LogP) is 1.12. The number of hydrogen-bond acceptors (Lipinski definition) is 5. The molecule has 1 aromatic carbocycles. The highest BCUT2D eigenvalue weighted by Gasteiger charge is 2.34. The lowest BCUT2D eigenvalue weighted by Crippen LogP contribution is -2.59. The summed E-state index contributed by atoms with van der Waals surface area (Å²) in [6, 6.07) is 7.03. The smallest absolute Gasteiger partial charge is 0.251 e. The fourth-order valence-electron chi connectivity index (χ4n) is 3.16. The molecule has 1 aliphatic carbocycles. The highest BCUT2D eigenvalue weighted by molar-refractivity contribution is 7.90. The van der Waals surface area contributed by atoms with E-state index in [0.29, 0.717) is 11.6 Å². The van der Waals surface area contributed by atoms with Gasteiger partial charge in [-0.3, -0.25) is 4.79 Å². The van der Waals surface area contributed by atoms with Crippen LogP contribution >= 0.6 is 0 Å². The first-order valence-electron chi connectivity index (χ1n) is 8.38. The van der Waals surface area contributed by atoms with Gasteiger partial charge in [0.25, 0.3) is 5.91 Å². The second-order valence-electron chi connectivity index (χ2n) is 6.62. The Hall–Kier alpha value is -1.44. The third-order valence-electron chi connectivity index (χ3n) is 4.79. The highest BCUT2D eigenvalue weighted by Crippen LogP contribution is 2.23. The van der Waals surface area contributed by atoms with Crippen LogP contribution in [0.15, 0.2) is 29.2 Å². The number of nitrogens with one attached hydrogen (secondary N) is 2.